The molecule has 0 aliphatic heterocycles. The summed E-state index contributed by atoms with van der Waals surface area (Å²) in [5.74, 6) is 0. The van der Waals surface area contributed by atoms with Crippen molar-refractivity contribution in [2.45, 2.75) is 20.8 Å². The lowest BCUT2D eigenvalue weighted by Crippen LogP contribution is -1.98. The van der Waals surface area contributed by atoms with Crippen LogP contribution in [0.15, 0.2) is 11.6 Å². The number of hydrogen-bond acceptors (Lipinski definition) is 5. The molecule has 0 unspecified atom stereocenters. The molecule has 0 heterocycles. The first-order valence-electron chi connectivity index (χ1n) is 4.76. The summed E-state index contributed by atoms with van der Waals surface area (Å²) in [5.41, 5.74) is 0. The van der Waals surface area contributed by atoms with Gasteiger partial charge in [-0.1, -0.05) is 0 Å². The van der Waals surface area contributed by atoms with Gasteiger partial charge in [-0.3, -0.25) is 4.57 Å². The third kappa shape index (κ3) is 4.48. The Labute approximate surface area is 90.2 Å². The number of nitriles is 1. The van der Waals surface area contributed by atoms with Crippen molar-refractivity contribution in [2.75, 3.05) is 19.8 Å². The first kappa shape index (κ1) is 14.2. The monoisotopic (exact) mass is 233 g/mol. The molecule has 0 aliphatic carbocycles. The van der Waals surface area contributed by atoms with Crippen molar-refractivity contribution in [3.63, 3.8) is 0 Å². The van der Waals surface area contributed by atoms with Gasteiger partial charge < -0.3 is 13.8 Å². The maximum absolute atomic E-state index is 12.0. The van der Waals surface area contributed by atoms with Gasteiger partial charge in [0.15, 0.2) is 5.31 Å². The molecule has 0 aromatic carbocycles. The average Bonchev–Trinajstić information content (AvgIpc) is 2.19. The molecule has 0 bridgehead atoms. The molecule has 0 N–H and O–H groups in total. The third-order valence-electron chi connectivity index (χ3n) is 1.37. The van der Waals surface area contributed by atoms with Crippen LogP contribution < -0.4 is 0 Å². The molecule has 0 aromatic heterocycles. The zero-order valence-corrected chi connectivity index (χ0v) is 10.1. The predicted molar refractivity (Wildman–Crippen MR) is 56.2 cm³/mol. The van der Waals surface area contributed by atoms with Crippen LogP contribution in [0.5, 0.6) is 0 Å². The van der Waals surface area contributed by atoms with Crippen molar-refractivity contribution in [1.82, 2.24) is 0 Å². The van der Waals surface area contributed by atoms with E-state index < -0.39 is 7.60 Å². The Hall–Kier alpha value is -0.820. The fourth-order valence-electron chi connectivity index (χ4n) is 0.831. The van der Waals surface area contributed by atoms with E-state index in [1.165, 1.54) is 0 Å². The molecule has 86 valence electrons. The molecule has 0 rings (SSSR count). The van der Waals surface area contributed by atoms with Crippen LogP contribution >= 0.6 is 7.60 Å². The van der Waals surface area contributed by atoms with E-state index in [1.54, 1.807) is 26.8 Å². The summed E-state index contributed by atoms with van der Waals surface area (Å²) in [7, 11) is -3.48. The van der Waals surface area contributed by atoms with E-state index in [9.17, 15) is 4.57 Å². The lowest BCUT2D eigenvalue weighted by Gasteiger charge is -2.15. The zero-order chi connectivity index (χ0) is 11.7. The van der Waals surface area contributed by atoms with E-state index >= 15 is 0 Å². The van der Waals surface area contributed by atoms with Gasteiger partial charge in [0.2, 0.25) is 0 Å². The minimum atomic E-state index is -3.48. The van der Waals surface area contributed by atoms with Gasteiger partial charge in [-0.25, -0.2) is 0 Å². The molecular weight excluding hydrogens is 217 g/mol. The van der Waals surface area contributed by atoms with Crippen molar-refractivity contribution < 1.29 is 18.3 Å². The summed E-state index contributed by atoms with van der Waals surface area (Å²) >= 11 is 0. The van der Waals surface area contributed by atoms with E-state index in [-0.39, 0.29) is 18.5 Å². The lowest BCUT2D eigenvalue weighted by molar-refractivity contribution is 0.223. The maximum atomic E-state index is 12.0. The molecule has 0 spiro atoms. The highest BCUT2D eigenvalue weighted by atomic mass is 31.2. The minimum Gasteiger partial charge on any atom is -0.500 e. The molecule has 0 radical (unpaired) electrons. The first-order chi connectivity index (χ1) is 7.14. The molecule has 0 aliphatic rings. The summed E-state index contributed by atoms with van der Waals surface area (Å²) in [5, 5.41) is 8.71. The summed E-state index contributed by atoms with van der Waals surface area (Å²) in [6, 6.07) is 1.77. The largest absolute Gasteiger partial charge is 0.500 e. The van der Waals surface area contributed by atoms with Crippen LogP contribution in [-0.2, 0) is 18.3 Å². The molecule has 0 saturated heterocycles. The fraction of sp³-hybridized carbons (Fsp3) is 0.667. The Morgan fingerprint density at radius 1 is 1.27 bits per heavy atom. The van der Waals surface area contributed by atoms with Crippen LogP contribution in [0.25, 0.3) is 0 Å². The highest BCUT2D eigenvalue weighted by Gasteiger charge is 2.30. The van der Waals surface area contributed by atoms with Crippen LogP contribution in [0.2, 0.25) is 0 Å². The number of ether oxygens (including phenoxy) is 1. The normalized spacial score (nSPS) is 12.3. The van der Waals surface area contributed by atoms with E-state index in [4.69, 9.17) is 19.0 Å². The van der Waals surface area contributed by atoms with Crippen LogP contribution in [0.4, 0.5) is 0 Å². The van der Waals surface area contributed by atoms with Crippen molar-refractivity contribution in [3.8, 4) is 6.07 Å². The third-order valence-corrected chi connectivity index (χ3v) is 3.36. The Balaban J connectivity index is 4.87. The van der Waals surface area contributed by atoms with Crippen LogP contribution in [0.1, 0.15) is 20.8 Å². The maximum Gasteiger partial charge on any atom is 0.374 e. The number of rotatable bonds is 7. The van der Waals surface area contributed by atoms with Gasteiger partial charge in [0.05, 0.1) is 19.8 Å². The van der Waals surface area contributed by atoms with Gasteiger partial charge >= 0.3 is 7.60 Å². The predicted octanol–water partition coefficient (Wildman–Crippen LogP) is 2.65. The van der Waals surface area contributed by atoms with Crippen molar-refractivity contribution in [2.24, 2.45) is 0 Å². The van der Waals surface area contributed by atoms with Crippen LogP contribution in [0, 0.1) is 11.3 Å². The number of allylic oxidation sites excluding steroid dienone is 1. The Morgan fingerprint density at radius 2 is 1.80 bits per heavy atom. The molecular formula is C9H16NO4P. The molecule has 5 nitrogen and oxygen atoms in total. The van der Waals surface area contributed by atoms with Gasteiger partial charge in [0, 0.05) is 0 Å². The Kier molecular flexibility index (Phi) is 7.06. The summed E-state index contributed by atoms with van der Waals surface area (Å²) in [6.07, 6.45) is 1.13. The van der Waals surface area contributed by atoms with Crippen molar-refractivity contribution >= 4 is 7.60 Å². The molecule has 0 fully saturated rings. The van der Waals surface area contributed by atoms with Crippen LogP contribution in [0.3, 0.4) is 0 Å². The molecule has 15 heavy (non-hydrogen) atoms. The summed E-state index contributed by atoms with van der Waals surface area (Å²) < 4.78 is 26.9. The van der Waals surface area contributed by atoms with Gasteiger partial charge in [-0.2, -0.15) is 5.26 Å². The van der Waals surface area contributed by atoms with E-state index in [0.717, 1.165) is 6.26 Å². The molecule has 0 aromatic rings. The molecule has 0 atom stereocenters. The highest BCUT2D eigenvalue weighted by Crippen LogP contribution is 2.55. The van der Waals surface area contributed by atoms with E-state index in [0.29, 0.717) is 6.61 Å². The van der Waals surface area contributed by atoms with Gasteiger partial charge in [-0.05, 0) is 20.8 Å². The smallest absolute Gasteiger partial charge is 0.374 e. The topological polar surface area (TPSA) is 68.5 Å². The number of nitrogens with zero attached hydrogens (tertiary/aromatic N) is 1. The van der Waals surface area contributed by atoms with Crippen molar-refractivity contribution in [1.29, 1.82) is 5.26 Å². The molecule has 0 amide bonds. The zero-order valence-electron chi connectivity index (χ0n) is 9.23. The quantitative estimate of drug-likeness (QED) is 0.384. The highest BCUT2D eigenvalue weighted by molar-refractivity contribution is 7.58. The number of hydrogen-bond donors (Lipinski definition) is 0. The minimum absolute atomic E-state index is 0.104. The fourth-order valence-corrected chi connectivity index (χ4v) is 2.19. The second-order valence-corrected chi connectivity index (χ2v) is 4.40. The van der Waals surface area contributed by atoms with Gasteiger partial charge in [0.25, 0.3) is 0 Å². The standard InChI is InChI=1S/C9H16NO4P/c1-4-12-8-9(7-10)15(11,13-5-2)14-6-3/h8H,4-6H2,1-3H3/b9-8+. The van der Waals surface area contributed by atoms with Crippen molar-refractivity contribution in [3.05, 3.63) is 11.6 Å². The van der Waals surface area contributed by atoms with Crippen LogP contribution in [-0.4, -0.2) is 19.8 Å². The lowest BCUT2D eigenvalue weighted by atomic mass is 10.7. The van der Waals surface area contributed by atoms with Gasteiger partial charge in [-0.15, -0.1) is 0 Å². The first-order valence-corrected chi connectivity index (χ1v) is 6.30. The summed E-state index contributed by atoms with van der Waals surface area (Å²) in [6.45, 7) is 5.94. The van der Waals surface area contributed by atoms with E-state index in [1.807, 2.05) is 0 Å². The van der Waals surface area contributed by atoms with E-state index in [2.05, 4.69) is 0 Å². The Bertz CT molecular complexity index is 285. The average molecular weight is 233 g/mol. The second kappa shape index (κ2) is 7.47. The molecule has 0 saturated carbocycles. The Morgan fingerprint density at radius 3 is 2.13 bits per heavy atom. The molecule has 6 heteroatoms. The summed E-state index contributed by atoms with van der Waals surface area (Å²) in [4.78, 5) is 0. The second-order valence-electron chi connectivity index (χ2n) is 2.40. The van der Waals surface area contributed by atoms with Gasteiger partial charge in [0.1, 0.15) is 12.3 Å². The SMILES string of the molecule is CCO/C=C(\C#N)P(=O)(OCC)OCC.